The largest absolute Gasteiger partial charge is 0.316 e. The van der Waals surface area contributed by atoms with Gasteiger partial charge in [0.2, 0.25) is 0 Å². The van der Waals surface area contributed by atoms with Crippen LogP contribution in [0, 0.1) is 18.8 Å². The van der Waals surface area contributed by atoms with Crippen LogP contribution in [-0.4, -0.2) is 13.1 Å². The standard InChI is InChI=1S/C16H27NS/c1-12(2)10-17-11-14-6-4-5-7-15(14)16-9-8-13(3)18-16/h8-9,12,14-15,17H,4-7,10-11H2,1-3H3. The molecule has 1 aliphatic carbocycles. The third-order valence-corrected chi connectivity index (χ3v) is 5.13. The zero-order valence-electron chi connectivity index (χ0n) is 12.0. The lowest BCUT2D eigenvalue weighted by Crippen LogP contribution is -2.31. The molecule has 0 amide bonds. The van der Waals surface area contributed by atoms with Crippen molar-refractivity contribution < 1.29 is 0 Å². The van der Waals surface area contributed by atoms with Crippen LogP contribution in [0.4, 0.5) is 0 Å². The molecule has 1 aliphatic rings. The molecule has 0 saturated heterocycles. The van der Waals surface area contributed by atoms with Crippen LogP contribution >= 0.6 is 11.3 Å². The summed E-state index contributed by atoms with van der Waals surface area (Å²) in [6.45, 7) is 9.16. The maximum Gasteiger partial charge on any atom is 0.00822 e. The molecule has 1 heterocycles. The zero-order valence-corrected chi connectivity index (χ0v) is 12.9. The van der Waals surface area contributed by atoms with E-state index in [0.717, 1.165) is 24.3 Å². The molecule has 2 heteroatoms. The molecule has 0 radical (unpaired) electrons. The van der Waals surface area contributed by atoms with Crippen LogP contribution in [0.2, 0.25) is 0 Å². The van der Waals surface area contributed by atoms with Crippen LogP contribution in [0.5, 0.6) is 0 Å². The SMILES string of the molecule is Cc1ccc(C2CCCCC2CNCC(C)C)s1. The number of thiophene rings is 1. The van der Waals surface area contributed by atoms with Gasteiger partial charge in [-0.05, 0) is 62.7 Å². The van der Waals surface area contributed by atoms with Gasteiger partial charge in [0.15, 0.2) is 0 Å². The number of rotatable bonds is 5. The monoisotopic (exact) mass is 265 g/mol. The molecule has 1 aromatic heterocycles. The van der Waals surface area contributed by atoms with Crippen molar-refractivity contribution in [3.05, 3.63) is 21.9 Å². The van der Waals surface area contributed by atoms with Crippen molar-refractivity contribution in [3.8, 4) is 0 Å². The van der Waals surface area contributed by atoms with E-state index in [1.54, 1.807) is 4.88 Å². The van der Waals surface area contributed by atoms with Crippen LogP contribution < -0.4 is 5.32 Å². The Labute approximate surface area is 116 Å². The summed E-state index contributed by atoms with van der Waals surface area (Å²) in [5.74, 6) is 2.43. The van der Waals surface area contributed by atoms with E-state index in [4.69, 9.17) is 0 Å². The highest BCUT2D eigenvalue weighted by Gasteiger charge is 2.27. The Hall–Kier alpha value is -0.340. The Balaban J connectivity index is 1.93. The van der Waals surface area contributed by atoms with Crippen LogP contribution in [0.25, 0.3) is 0 Å². The Morgan fingerprint density at radius 2 is 2.06 bits per heavy atom. The minimum absolute atomic E-state index is 0.760. The summed E-state index contributed by atoms with van der Waals surface area (Å²) in [6, 6.07) is 4.65. The molecule has 102 valence electrons. The highest BCUT2D eigenvalue weighted by molar-refractivity contribution is 7.12. The van der Waals surface area contributed by atoms with Gasteiger partial charge < -0.3 is 5.32 Å². The van der Waals surface area contributed by atoms with Gasteiger partial charge >= 0.3 is 0 Å². The molecule has 1 N–H and O–H groups in total. The first-order valence-corrected chi connectivity index (χ1v) is 8.25. The van der Waals surface area contributed by atoms with Gasteiger partial charge in [0.05, 0.1) is 0 Å². The van der Waals surface area contributed by atoms with E-state index in [2.05, 4.69) is 38.2 Å². The molecule has 1 nitrogen and oxygen atoms in total. The number of nitrogens with one attached hydrogen (secondary N) is 1. The smallest absolute Gasteiger partial charge is 0.00822 e. The second-order valence-corrected chi connectivity index (χ2v) is 7.47. The van der Waals surface area contributed by atoms with Gasteiger partial charge in [0.1, 0.15) is 0 Å². The van der Waals surface area contributed by atoms with Gasteiger partial charge in [-0.3, -0.25) is 0 Å². The fourth-order valence-electron chi connectivity index (χ4n) is 3.04. The van der Waals surface area contributed by atoms with Gasteiger partial charge in [-0.25, -0.2) is 0 Å². The van der Waals surface area contributed by atoms with Crippen LogP contribution in [0.3, 0.4) is 0 Å². The summed E-state index contributed by atoms with van der Waals surface area (Å²) in [7, 11) is 0. The van der Waals surface area contributed by atoms with E-state index < -0.39 is 0 Å². The minimum atomic E-state index is 0.760. The molecule has 2 atom stereocenters. The summed E-state index contributed by atoms with van der Waals surface area (Å²) < 4.78 is 0. The van der Waals surface area contributed by atoms with Crippen molar-refractivity contribution in [2.24, 2.45) is 11.8 Å². The third-order valence-electron chi connectivity index (χ3n) is 3.99. The van der Waals surface area contributed by atoms with E-state index >= 15 is 0 Å². The highest BCUT2D eigenvalue weighted by Crippen LogP contribution is 2.40. The first-order valence-electron chi connectivity index (χ1n) is 7.44. The van der Waals surface area contributed by atoms with Crippen LogP contribution in [0.1, 0.15) is 55.2 Å². The van der Waals surface area contributed by atoms with E-state index in [-0.39, 0.29) is 0 Å². The molecule has 1 saturated carbocycles. The van der Waals surface area contributed by atoms with Crippen molar-refractivity contribution in [2.45, 2.75) is 52.4 Å². The zero-order chi connectivity index (χ0) is 13.0. The van der Waals surface area contributed by atoms with E-state index in [1.807, 2.05) is 11.3 Å². The summed E-state index contributed by atoms with van der Waals surface area (Å²) >= 11 is 2.01. The maximum absolute atomic E-state index is 3.67. The van der Waals surface area contributed by atoms with Gasteiger partial charge in [0, 0.05) is 9.75 Å². The highest BCUT2D eigenvalue weighted by atomic mass is 32.1. The molecular formula is C16H27NS. The van der Waals surface area contributed by atoms with Crippen molar-refractivity contribution >= 4 is 11.3 Å². The van der Waals surface area contributed by atoms with Crippen LogP contribution in [-0.2, 0) is 0 Å². The fraction of sp³-hybridized carbons (Fsp3) is 0.750. The molecule has 2 unspecified atom stereocenters. The van der Waals surface area contributed by atoms with E-state index in [9.17, 15) is 0 Å². The summed E-state index contributed by atoms with van der Waals surface area (Å²) in [5, 5.41) is 3.67. The Kier molecular flexibility index (Phi) is 5.25. The fourth-order valence-corrected chi connectivity index (χ4v) is 4.14. The third kappa shape index (κ3) is 3.83. The predicted molar refractivity (Wildman–Crippen MR) is 81.5 cm³/mol. The summed E-state index contributed by atoms with van der Waals surface area (Å²) in [4.78, 5) is 3.09. The molecule has 0 aliphatic heterocycles. The first kappa shape index (κ1) is 14.1. The lowest BCUT2D eigenvalue weighted by Gasteiger charge is -2.31. The molecule has 1 aromatic rings. The van der Waals surface area contributed by atoms with Gasteiger partial charge in [-0.15, -0.1) is 11.3 Å². The predicted octanol–water partition coefficient (Wildman–Crippen LogP) is 4.58. The second kappa shape index (κ2) is 6.72. The minimum Gasteiger partial charge on any atom is -0.316 e. The van der Waals surface area contributed by atoms with E-state index in [0.29, 0.717) is 0 Å². The molecule has 0 bridgehead atoms. The van der Waals surface area contributed by atoms with Crippen molar-refractivity contribution in [1.29, 1.82) is 0 Å². The lowest BCUT2D eigenvalue weighted by atomic mass is 9.78. The Morgan fingerprint density at radius 3 is 2.72 bits per heavy atom. The van der Waals surface area contributed by atoms with Crippen molar-refractivity contribution in [3.63, 3.8) is 0 Å². The lowest BCUT2D eigenvalue weighted by molar-refractivity contribution is 0.295. The molecule has 0 aromatic carbocycles. The van der Waals surface area contributed by atoms with Gasteiger partial charge in [-0.1, -0.05) is 26.7 Å². The van der Waals surface area contributed by atoms with Gasteiger partial charge in [-0.2, -0.15) is 0 Å². The molecule has 18 heavy (non-hydrogen) atoms. The summed E-state index contributed by atoms with van der Waals surface area (Å²) in [6.07, 6.45) is 5.65. The number of hydrogen-bond donors (Lipinski definition) is 1. The molecule has 1 fully saturated rings. The maximum atomic E-state index is 3.67. The average molecular weight is 265 g/mol. The normalized spacial score (nSPS) is 24.7. The second-order valence-electron chi connectivity index (χ2n) is 6.15. The Morgan fingerprint density at radius 1 is 1.28 bits per heavy atom. The molecule has 0 spiro atoms. The molecular weight excluding hydrogens is 238 g/mol. The van der Waals surface area contributed by atoms with Crippen molar-refractivity contribution in [2.75, 3.05) is 13.1 Å². The van der Waals surface area contributed by atoms with E-state index in [1.165, 1.54) is 37.1 Å². The van der Waals surface area contributed by atoms with Crippen molar-refractivity contribution in [1.82, 2.24) is 5.32 Å². The van der Waals surface area contributed by atoms with Gasteiger partial charge in [0.25, 0.3) is 0 Å². The topological polar surface area (TPSA) is 12.0 Å². The summed E-state index contributed by atoms with van der Waals surface area (Å²) in [5.41, 5.74) is 0. The van der Waals surface area contributed by atoms with Crippen LogP contribution in [0.15, 0.2) is 12.1 Å². The number of aryl methyl sites for hydroxylation is 1. The first-order chi connectivity index (χ1) is 8.66. The number of hydrogen-bond acceptors (Lipinski definition) is 2. The average Bonchev–Trinajstić information content (AvgIpc) is 2.76. The quantitative estimate of drug-likeness (QED) is 0.822. The molecule has 2 rings (SSSR count). The Bertz CT molecular complexity index is 356.